The second kappa shape index (κ2) is 9.50. The van der Waals surface area contributed by atoms with Crippen molar-refractivity contribution >= 4 is 11.8 Å². The second-order valence-electron chi connectivity index (χ2n) is 4.10. The van der Waals surface area contributed by atoms with Gasteiger partial charge in [0.05, 0.1) is 13.5 Å². The highest BCUT2D eigenvalue weighted by atomic mass is 16.4. The Balaban J connectivity index is 4.46. The van der Waals surface area contributed by atoms with E-state index in [-0.39, 0.29) is 19.6 Å². The van der Waals surface area contributed by atoms with Gasteiger partial charge in [0.25, 0.3) is 11.8 Å². The molecule has 0 aromatic heterocycles. The number of carbonyl (C=O) groups excluding carboxylic acids is 2. The maximum atomic E-state index is 11.4. The van der Waals surface area contributed by atoms with E-state index in [0.29, 0.717) is 6.42 Å². The van der Waals surface area contributed by atoms with E-state index in [1.807, 2.05) is 0 Å². The summed E-state index contributed by atoms with van der Waals surface area (Å²) in [6.45, 7) is 3.85. The summed E-state index contributed by atoms with van der Waals surface area (Å²) in [7, 11) is 0. The number of aliphatic hydroxyl groups is 4. The molecule has 116 valence electrons. The normalized spacial score (nSPS) is 16.9. The third kappa shape index (κ3) is 5.72. The Hall–Kier alpha value is -1.39. The van der Waals surface area contributed by atoms with Crippen molar-refractivity contribution in [1.29, 1.82) is 0 Å². The van der Waals surface area contributed by atoms with E-state index >= 15 is 0 Å². The average Bonchev–Trinajstić information content (AvgIpc) is 2.46. The summed E-state index contributed by atoms with van der Waals surface area (Å²) in [5.41, 5.74) is 5.14. The van der Waals surface area contributed by atoms with Crippen molar-refractivity contribution in [3.63, 3.8) is 0 Å². The standard InChI is InChI=1S/C11H21N3O6/c1-2-4-13-10(19)8(17)6(15)7(16)9(18)11(20)14-5-3-12/h6-9,15-18H,1-5,12H2,(H-,13,14,19,20)/p+1. The average molecular weight is 292 g/mol. The van der Waals surface area contributed by atoms with Crippen LogP contribution in [0.1, 0.15) is 6.42 Å². The quantitative estimate of drug-likeness (QED) is 0.212. The Labute approximate surface area is 116 Å². The molecular weight excluding hydrogens is 270 g/mol. The van der Waals surface area contributed by atoms with Crippen LogP contribution in [-0.2, 0) is 9.59 Å². The molecule has 0 rings (SSSR count). The van der Waals surface area contributed by atoms with Gasteiger partial charge in [-0.3, -0.25) is 9.59 Å². The predicted octanol–water partition coefficient (Wildman–Crippen LogP) is -4.15. The second-order valence-corrected chi connectivity index (χ2v) is 4.10. The van der Waals surface area contributed by atoms with Crippen molar-refractivity contribution < 1.29 is 30.0 Å². The van der Waals surface area contributed by atoms with Gasteiger partial charge in [0.1, 0.15) is 18.6 Å². The molecule has 0 radical (unpaired) electrons. The number of hydrogen-bond acceptors (Lipinski definition) is 7. The number of aliphatic hydroxyl groups excluding tert-OH is 4. The zero-order valence-electron chi connectivity index (χ0n) is 11.0. The third-order valence-electron chi connectivity index (χ3n) is 2.45. The van der Waals surface area contributed by atoms with Gasteiger partial charge in [0, 0.05) is 13.1 Å². The molecule has 0 saturated carbocycles. The van der Waals surface area contributed by atoms with Crippen LogP contribution in [0, 0.1) is 6.92 Å². The van der Waals surface area contributed by atoms with Crippen LogP contribution in [0.15, 0.2) is 0 Å². The molecule has 4 unspecified atom stereocenters. The van der Waals surface area contributed by atoms with Gasteiger partial charge >= 0.3 is 0 Å². The van der Waals surface area contributed by atoms with Crippen molar-refractivity contribution in [3.8, 4) is 0 Å². The highest BCUT2D eigenvalue weighted by Gasteiger charge is 2.37. The molecule has 20 heavy (non-hydrogen) atoms. The molecular formula is C11H22N3O6+. The van der Waals surface area contributed by atoms with E-state index in [9.17, 15) is 30.0 Å². The Morgan fingerprint density at radius 2 is 1.35 bits per heavy atom. The molecule has 0 aromatic rings. The monoisotopic (exact) mass is 292 g/mol. The molecule has 0 aliphatic rings. The summed E-state index contributed by atoms with van der Waals surface area (Å²) in [5.74, 6) is -1.90. The molecule has 0 heterocycles. The SMILES string of the molecule is [CH2+]CCNC(=O)C(O)C(O)C(O)C(O)C(=O)NCCN. The van der Waals surface area contributed by atoms with Crippen molar-refractivity contribution in [1.82, 2.24) is 10.6 Å². The smallest absolute Gasteiger partial charge is 0.251 e. The van der Waals surface area contributed by atoms with Gasteiger partial charge in [-0.2, -0.15) is 0 Å². The summed E-state index contributed by atoms with van der Waals surface area (Å²) in [5, 5.41) is 42.5. The van der Waals surface area contributed by atoms with E-state index in [0.717, 1.165) is 0 Å². The molecule has 4 atom stereocenters. The fraction of sp³-hybridized carbons (Fsp3) is 0.727. The van der Waals surface area contributed by atoms with Gasteiger partial charge in [0.2, 0.25) is 0 Å². The molecule has 9 nitrogen and oxygen atoms in total. The largest absolute Gasteiger partial charge is 0.387 e. The molecule has 0 aliphatic carbocycles. The Bertz CT molecular complexity index is 285. The maximum Gasteiger partial charge on any atom is 0.251 e. The van der Waals surface area contributed by atoms with Crippen LogP contribution < -0.4 is 16.4 Å². The van der Waals surface area contributed by atoms with Crippen LogP contribution in [-0.4, -0.2) is 76.3 Å². The summed E-state index contributed by atoms with van der Waals surface area (Å²) in [6.07, 6.45) is -7.63. The molecule has 0 spiro atoms. The van der Waals surface area contributed by atoms with E-state index < -0.39 is 36.2 Å². The van der Waals surface area contributed by atoms with Crippen molar-refractivity contribution in [2.75, 3.05) is 19.6 Å². The van der Waals surface area contributed by atoms with Crippen molar-refractivity contribution in [2.24, 2.45) is 5.73 Å². The van der Waals surface area contributed by atoms with Gasteiger partial charge in [-0.05, 0) is 0 Å². The van der Waals surface area contributed by atoms with E-state index in [4.69, 9.17) is 5.73 Å². The van der Waals surface area contributed by atoms with Crippen LogP contribution in [0.5, 0.6) is 0 Å². The van der Waals surface area contributed by atoms with Gasteiger partial charge in [-0.25, -0.2) is 0 Å². The topological polar surface area (TPSA) is 165 Å². The minimum atomic E-state index is -2.02. The fourth-order valence-corrected chi connectivity index (χ4v) is 1.30. The van der Waals surface area contributed by atoms with Crippen LogP contribution in [0.3, 0.4) is 0 Å². The number of hydrogen-bond donors (Lipinski definition) is 7. The number of nitrogens with two attached hydrogens (primary N) is 1. The number of nitrogens with one attached hydrogen (secondary N) is 2. The maximum absolute atomic E-state index is 11.4. The molecule has 0 fully saturated rings. The zero-order valence-corrected chi connectivity index (χ0v) is 11.0. The van der Waals surface area contributed by atoms with Gasteiger partial charge in [-0.1, -0.05) is 0 Å². The summed E-state index contributed by atoms with van der Waals surface area (Å²) in [6, 6.07) is 0. The summed E-state index contributed by atoms with van der Waals surface area (Å²) in [4.78, 5) is 22.7. The molecule has 9 heteroatoms. The van der Waals surface area contributed by atoms with Crippen LogP contribution in [0.4, 0.5) is 0 Å². The molecule has 0 saturated heterocycles. The first-order valence-corrected chi connectivity index (χ1v) is 6.13. The van der Waals surface area contributed by atoms with Crippen LogP contribution in [0.2, 0.25) is 0 Å². The fourth-order valence-electron chi connectivity index (χ4n) is 1.30. The Morgan fingerprint density at radius 3 is 1.70 bits per heavy atom. The lowest BCUT2D eigenvalue weighted by Gasteiger charge is -2.25. The number of amides is 2. The molecule has 2 amide bonds. The highest BCUT2D eigenvalue weighted by Crippen LogP contribution is 2.06. The number of carbonyl (C=O) groups is 2. The van der Waals surface area contributed by atoms with Crippen LogP contribution in [0.25, 0.3) is 0 Å². The summed E-state index contributed by atoms with van der Waals surface area (Å²) >= 11 is 0. The van der Waals surface area contributed by atoms with Gasteiger partial charge < -0.3 is 36.8 Å². The van der Waals surface area contributed by atoms with Gasteiger partial charge in [-0.15, -0.1) is 0 Å². The zero-order chi connectivity index (χ0) is 15.7. The van der Waals surface area contributed by atoms with Crippen molar-refractivity contribution in [3.05, 3.63) is 6.92 Å². The highest BCUT2D eigenvalue weighted by molar-refractivity contribution is 5.83. The van der Waals surface area contributed by atoms with Gasteiger partial charge in [0.15, 0.2) is 12.2 Å². The third-order valence-corrected chi connectivity index (χ3v) is 2.45. The number of rotatable bonds is 9. The van der Waals surface area contributed by atoms with E-state index in [2.05, 4.69) is 17.6 Å². The predicted molar refractivity (Wildman–Crippen MR) is 69.1 cm³/mol. The lowest BCUT2D eigenvalue weighted by molar-refractivity contribution is -0.155. The first-order valence-electron chi connectivity index (χ1n) is 6.13. The molecule has 0 bridgehead atoms. The lowest BCUT2D eigenvalue weighted by atomic mass is 10.0. The lowest BCUT2D eigenvalue weighted by Crippen LogP contribution is -2.54. The van der Waals surface area contributed by atoms with E-state index in [1.54, 1.807) is 0 Å². The Morgan fingerprint density at radius 1 is 0.950 bits per heavy atom. The summed E-state index contributed by atoms with van der Waals surface area (Å²) < 4.78 is 0. The molecule has 0 aromatic carbocycles. The first kappa shape index (κ1) is 18.6. The Kier molecular flexibility index (Phi) is 8.84. The van der Waals surface area contributed by atoms with Crippen molar-refractivity contribution in [2.45, 2.75) is 30.8 Å². The van der Waals surface area contributed by atoms with E-state index in [1.165, 1.54) is 0 Å². The first-order chi connectivity index (χ1) is 9.36. The minimum Gasteiger partial charge on any atom is -0.387 e. The minimum absolute atomic E-state index is 0.0747. The molecule has 0 aliphatic heterocycles. The van der Waals surface area contributed by atoms with Crippen LogP contribution >= 0.6 is 0 Å². The molecule has 8 N–H and O–H groups in total.